The highest BCUT2D eigenvalue weighted by molar-refractivity contribution is 9.10. The Hall–Kier alpha value is -1.64. The molecule has 1 fully saturated rings. The number of alkyl halides is 3. The van der Waals surface area contributed by atoms with Crippen molar-refractivity contribution >= 4 is 27.8 Å². The van der Waals surface area contributed by atoms with Gasteiger partial charge in [-0.1, -0.05) is 6.07 Å². The number of amides is 1. The van der Waals surface area contributed by atoms with Crippen LogP contribution in [0.2, 0.25) is 0 Å². The maximum absolute atomic E-state index is 13.7. The van der Waals surface area contributed by atoms with Crippen LogP contribution in [0, 0.1) is 17.7 Å². The monoisotopic (exact) mass is 383 g/mol. The van der Waals surface area contributed by atoms with Gasteiger partial charge in [0.15, 0.2) is 0 Å². The van der Waals surface area contributed by atoms with Crippen molar-refractivity contribution in [3.63, 3.8) is 0 Å². The van der Waals surface area contributed by atoms with Crippen LogP contribution in [-0.2, 0) is 4.79 Å². The Morgan fingerprint density at radius 3 is 2.36 bits per heavy atom. The second-order valence-electron chi connectivity index (χ2n) is 4.90. The van der Waals surface area contributed by atoms with E-state index in [1.54, 1.807) is 0 Å². The molecule has 1 N–H and O–H groups in total. The van der Waals surface area contributed by atoms with Gasteiger partial charge in [-0.05, 0) is 28.1 Å². The van der Waals surface area contributed by atoms with Crippen molar-refractivity contribution in [2.45, 2.75) is 6.18 Å². The van der Waals surface area contributed by atoms with Crippen LogP contribution in [0.3, 0.4) is 0 Å². The zero-order chi connectivity index (χ0) is 16.7. The third-order valence-corrected chi connectivity index (χ3v) is 4.18. The van der Waals surface area contributed by atoms with Crippen LogP contribution < -0.4 is 0 Å². The maximum Gasteiger partial charge on any atom is 0.394 e. The second-order valence-corrected chi connectivity index (χ2v) is 5.75. The third-order valence-electron chi connectivity index (χ3n) is 3.52. The first-order valence-electron chi connectivity index (χ1n) is 6.15. The van der Waals surface area contributed by atoms with E-state index in [0.717, 1.165) is 11.0 Å². The number of aliphatic carboxylic acids is 1. The van der Waals surface area contributed by atoms with Crippen molar-refractivity contribution in [1.29, 1.82) is 0 Å². The Bertz CT molecular complexity index is 600. The Morgan fingerprint density at radius 1 is 1.27 bits per heavy atom. The molecule has 120 valence electrons. The van der Waals surface area contributed by atoms with Crippen LogP contribution in [0.25, 0.3) is 0 Å². The molecule has 1 aliphatic rings. The highest BCUT2D eigenvalue weighted by Crippen LogP contribution is 2.38. The molecule has 1 heterocycles. The van der Waals surface area contributed by atoms with Crippen LogP contribution in [0.4, 0.5) is 17.6 Å². The summed E-state index contributed by atoms with van der Waals surface area (Å²) in [6.07, 6.45) is -4.75. The second kappa shape index (κ2) is 5.86. The molecule has 0 saturated carbocycles. The molecule has 4 nitrogen and oxygen atoms in total. The number of carbonyl (C=O) groups excluding carboxylic acids is 1. The van der Waals surface area contributed by atoms with E-state index in [4.69, 9.17) is 5.11 Å². The summed E-state index contributed by atoms with van der Waals surface area (Å²) >= 11 is 2.97. The summed E-state index contributed by atoms with van der Waals surface area (Å²) in [4.78, 5) is 23.9. The van der Waals surface area contributed by atoms with E-state index in [9.17, 15) is 27.2 Å². The summed E-state index contributed by atoms with van der Waals surface area (Å²) in [6.45, 7) is -1.42. The van der Waals surface area contributed by atoms with E-state index in [0.29, 0.717) is 0 Å². The number of carboxylic acid groups (broad SMARTS) is 1. The Morgan fingerprint density at radius 2 is 1.91 bits per heavy atom. The SMILES string of the molecule is O=C(O)[C@@H]1CN(C(=O)c2c(F)cccc2Br)C[C@H]1C(F)(F)F. The van der Waals surface area contributed by atoms with Gasteiger partial charge in [0.1, 0.15) is 5.82 Å². The number of hydrogen-bond acceptors (Lipinski definition) is 2. The van der Waals surface area contributed by atoms with Crippen molar-refractivity contribution in [1.82, 2.24) is 4.90 Å². The molecule has 1 saturated heterocycles. The molecular formula is C13H10BrF4NO3. The topological polar surface area (TPSA) is 57.6 Å². The molecule has 1 amide bonds. The highest BCUT2D eigenvalue weighted by atomic mass is 79.9. The fraction of sp³-hybridized carbons (Fsp3) is 0.385. The molecule has 0 aromatic heterocycles. The van der Waals surface area contributed by atoms with Crippen molar-refractivity contribution in [3.05, 3.63) is 34.1 Å². The summed E-state index contributed by atoms with van der Waals surface area (Å²) < 4.78 is 52.5. The lowest BCUT2D eigenvalue weighted by Crippen LogP contribution is -2.34. The molecule has 0 bridgehead atoms. The minimum Gasteiger partial charge on any atom is -0.481 e. The third kappa shape index (κ3) is 3.08. The van der Waals surface area contributed by atoms with Gasteiger partial charge in [0.05, 0.1) is 17.4 Å². The van der Waals surface area contributed by atoms with E-state index >= 15 is 0 Å². The van der Waals surface area contributed by atoms with E-state index in [1.807, 2.05) is 0 Å². The lowest BCUT2D eigenvalue weighted by molar-refractivity contribution is -0.187. The number of halogens is 5. The lowest BCUT2D eigenvalue weighted by Gasteiger charge is -2.19. The van der Waals surface area contributed by atoms with Crippen molar-refractivity contribution in [2.75, 3.05) is 13.1 Å². The largest absolute Gasteiger partial charge is 0.481 e. The van der Waals surface area contributed by atoms with Gasteiger partial charge in [0.2, 0.25) is 0 Å². The Kier molecular flexibility index (Phi) is 4.46. The van der Waals surface area contributed by atoms with Gasteiger partial charge in [0, 0.05) is 17.6 Å². The lowest BCUT2D eigenvalue weighted by atomic mass is 9.96. The molecule has 0 radical (unpaired) electrons. The van der Waals surface area contributed by atoms with Gasteiger partial charge in [-0.2, -0.15) is 13.2 Å². The van der Waals surface area contributed by atoms with Gasteiger partial charge < -0.3 is 10.0 Å². The van der Waals surface area contributed by atoms with Gasteiger partial charge in [-0.15, -0.1) is 0 Å². The molecular weight excluding hydrogens is 374 g/mol. The first-order chi connectivity index (χ1) is 10.1. The normalized spacial score (nSPS) is 22.0. The van der Waals surface area contributed by atoms with E-state index in [2.05, 4.69) is 15.9 Å². The van der Waals surface area contributed by atoms with Crippen LogP contribution in [0.5, 0.6) is 0 Å². The molecule has 9 heteroatoms. The van der Waals surface area contributed by atoms with Gasteiger partial charge in [-0.3, -0.25) is 9.59 Å². The summed E-state index contributed by atoms with van der Waals surface area (Å²) in [5.41, 5.74) is -0.408. The number of hydrogen-bond donors (Lipinski definition) is 1. The average Bonchev–Trinajstić information content (AvgIpc) is 2.83. The summed E-state index contributed by atoms with van der Waals surface area (Å²) in [5, 5.41) is 8.91. The quantitative estimate of drug-likeness (QED) is 0.798. The number of carboxylic acids is 1. The number of nitrogens with zero attached hydrogens (tertiary/aromatic N) is 1. The standard InChI is InChI=1S/C13H10BrF4NO3/c14-8-2-1-3-9(15)10(8)11(20)19-4-6(12(21)22)7(5-19)13(16,17)18/h1-3,6-7H,4-5H2,(H,21,22)/t6-,7-/m1/s1. The first-order valence-corrected chi connectivity index (χ1v) is 6.95. The number of benzene rings is 1. The van der Waals surface area contributed by atoms with Crippen LogP contribution in [0.1, 0.15) is 10.4 Å². The van der Waals surface area contributed by atoms with Crippen LogP contribution in [0.15, 0.2) is 22.7 Å². The molecule has 2 rings (SSSR count). The minimum absolute atomic E-state index is 0.0971. The summed E-state index contributed by atoms with van der Waals surface area (Å²) in [7, 11) is 0. The predicted octanol–water partition coefficient (Wildman–Crippen LogP) is 2.92. The first kappa shape index (κ1) is 16.7. The van der Waals surface area contributed by atoms with Crippen LogP contribution in [-0.4, -0.2) is 41.1 Å². The highest BCUT2D eigenvalue weighted by Gasteiger charge is 2.53. The molecule has 0 spiro atoms. The molecule has 1 aromatic carbocycles. The minimum atomic E-state index is -4.75. The van der Waals surface area contributed by atoms with Crippen LogP contribution >= 0.6 is 15.9 Å². The van der Waals surface area contributed by atoms with Gasteiger partial charge in [0.25, 0.3) is 5.91 Å². The molecule has 0 aliphatic carbocycles. The smallest absolute Gasteiger partial charge is 0.394 e. The van der Waals surface area contributed by atoms with E-state index in [1.165, 1.54) is 12.1 Å². The van der Waals surface area contributed by atoms with Crippen molar-refractivity contribution in [3.8, 4) is 0 Å². The predicted molar refractivity (Wildman–Crippen MR) is 70.7 cm³/mol. The molecule has 1 aromatic rings. The fourth-order valence-electron chi connectivity index (χ4n) is 2.41. The van der Waals surface area contributed by atoms with E-state index in [-0.39, 0.29) is 4.47 Å². The zero-order valence-electron chi connectivity index (χ0n) is 10.9. The molecule has 1 aliphatic heterocycles. The van der Waals surface area contributed by atoms with Crippen molar-refractivity contribution < 1.29 is 32.3 Å². The number of likely N-dealkylation sites (tertiary alicyclic amines) is 1. The average molecular weight is 384 g/mol. The van der Waals surface area contributed by atoms with Gasteiger partial charge in [-0.25, -0.2) is 4.39 Å². The Balaban J connectivity index is 2.31. The van der Waals surface area contributed by atoms with Gasteiger partial charge >= 0.3 is 12.1 Å². The van der Waals surface area contributed by atoms with Crippen molar-refractivity contribution in [2.24, 2.45) is 11.8 Å². The summed E-state index contributed by atoms with van der Waals surface area (Å²) in [5.74, 6) is -7.41. The molecule has 22 heavy (non-hydrogen) atoms. The summed E-state index contributed by atoms with van der Waals surface area (Å²) in [6, 6.07) is 3.71. The molecule has 2 atom stereocenters. The maximum atomic E-state index is 13.7. The fourth-order valence-corrected chi connectivity index (χ4v) is 2.92. The molecule has 0 unspecified atom stereocenters. The number of rotatable bonds is 2. The number of carbonyl (C=O) groups is 2. The van der Waals surface area contributed by atoms with E-state index < -0.39 is 54.4 Å². The zero-order valence-corrected chi connectivity index (χ0v) is 12.5. The Labute approximate surface area is 130 Å².